The summed E-state index contributed by atoms with van der Waals surface area (Å²) in [5.74, 6) is 0. The molecule has 0 aliphatic heterocycles. The summed E-state index contributed by atoms with van der Waals surface area (Å²) in [6.07, 6.45) is 4.79. The van der Waals surface area contributed by atoms with Crippen LogP contribution in [0.15, 0.2) is 23.8 Å². The number of alkyl carbamates (subject to hydrolysis) is 1. The van der Waals surface area contributed by atoms with Crippen LogP contribution in [0.25, 0.3) is 0 Å². The van der Waals surface area contributed by atoms with Gasteiger partial charge in [0.05, 0.1) is 6.04 Å². The van der Waals surface area contributed by atoms with Crippen LogP contribution in [0, 0.1) is 0 Å². The molecule has 1 saturated carbocycles. The van der Waals surface area contributed by atoms with Crippen molar-refractivity contribution in [1.29, 1.82) is 0 Å². The molecule has 1 aliphatic rings. The van der Waals surface area contributed by atoms with E-state index in [0.29, 0.717) is 0 Å². The van der Waals surface area contributed by atoms with Crippen molar-refractivity contribution in [2.75, 3.05) is 0 Å². The molecule has 1 amide bonds. The quantitative estimate of drug-likeness (QED) is 0.757. The zero-order chi connectivity index (χ0) is 13.1. The lowest BCUT2D eigenvalue weighted by Gasteiger charge is -2.29. The maximum atomic E-state index is 11.7. The summed E-state index contributed by atoms with van der Waals surface area (Å²) in [7, 11) is 0. The number of hydrogen-bond acceptors (Lipinski definition) is 2. The van der Waals surface area contributed by atoms with E-state index in [2.05, 4.69) is 18.0 Å². The van der Waals surface area contributed by atoms with Crippen LogP contribution in [-0.2, 0) is 4.74 Å². The molecule has 17 heavy (non-hydrogen) atoms. The first kappa shape index (κ1) is 13.8. The van der Waals surface area contributed by atoms with Gasteiger partial charge in [0, 0.05) is 0 Å². The lowest BCUT2D eigenvalue weighted by atomic mass is 9.86. The van der Waals surface area contributed by atoms with Crippen molar-refractivity contribution in [1.82, 2.24) is 5.32 Å². The molecule has 1 unspecified atom stereocenters. The highest BCUT2D eigenvalue weighted by Crippen LogP contribution is 2.27. The van der Waals surface area contributed by atoms with Gasteiger partial charge in [-0.1, -0.05) is 12.7 Å². The van der Waals surface area contributed by atoms with E-state index in [-0.39, 0.29) is 12.1 Å². The number of rotatable bonds is 1. The third-order valence-corrected chi connectivity index (χ3v) is 2.81. The van der Waals surface area contributed by atoms with Crippen LogP contribution in [0.1, 0.15) is 47.0 Å². The van der Waals surface area contributed by atoms with Crippen LogP contribution < -0.4 is 5.32 Å². The molecule has 0 bridgehead atoms. The average Bonchev–Trinajstić information content (AvgIpc) is 2.18. The Morgan fingerprint density at radius 2 is 2.18 bits per heavy atom. The second-order valence-corrected chi connectivity index (χ2v) is 5.43. The first-order valence-electron chi connectivity index (χ1n) is 6.17. The van der Waals surface area contributed by atoms with E-state index < -0.39 is 5.60 Å². The molecule has 1 fully saturated rings. The zero-order valence-corrected chi connectivity index (χ0v) is 11.3. The van der Waals surface area contributed by atoms with E-state index in [4.69, 9.17) is 4.74 Å². The minimum Gasteiger partial charge on any atom is -0.444 e. The standard InChI is InChI=1S/C14H23NO2/c1-6-11-8-7-9-12(10(11)2)15-13(16)17-14(3,4)5/h6,12H,2,7-9H2,1,3-5H3,(H,15,16)/b11-6-. The van der Waals surface area contributed by atoms with E-state index in [0.717, 1.165) is 24.8 Å². The molecule has 1 atom stereocenters. The van der Waals surface area contributed by atoms with Crippen molar-refractivity contribution >= 4 is 6.09 Å². The molecule has 0 saturated heterocycles. The molecule has 1 rings (SSSR count). The highest BCUT2D eigenvalue weighted by Gasteiger charge is 2.24. The van der Waals surface area contributed by atoms with Crippen molar-refractivity contribution in [2.45, 2.75) is 58.6 Å². The van der Waals surface area contributed by atoms with E-state index in [1.807, 2.05) is 27.7 Å². The maximum Gasteiger partial charge on any atom is 0.408 e. The fraction of sp³-hybridized carbons (Fsp3) is 0.643. The smallest absolute Gasteiger partial charge is 0.408 e. The van der Waals surface area contributed by atoms with Crippen LogP contribution in [0.3, 0.4) is 0 Å². The summed E-state index contributed by atoms with van der Waals surface area (Å²) in [6.45, 7) is 11.7. The lowest BCUT2D eigenvalue weighted by Crippen LogP contribution is -2.41. The molecule has 0 aromatic rings. The van der Waals surface area contributed by atoms with Crippen LogP contribution in [0.5, 0.6) is 0 Å². The van der Waals surface area contributed by atoms with Gasteiger partial charge in [-0.05, 0) is 58.1 Å². The Morgan fingerprint density at radius 1 is 1.53 bits per heavy atom. The molecule has 0 spiro atoms. The van der Waals surface area contributed by atoms with Gasteiger partial charge < -0.3 is 10.1 Å². The Morgan fingerprint density at radius 3 is 2.71 bits per heavy atom. The fourth-order valence-electron chi connectivity index (χ4n) is 1.99. The number of carbonyl (C=O) groups is 1. The highest BCUT2D eigenvalue weighted by atomic mass is 16.6. The third kappa shape index (κ3) is 4.25. The number of ether oxygens (including phenoxy) is 1. The van der Waals surface area contributed by atoms with Gasteiger partial charge in [0.1, 0.15) is 5.60 Å². The first-order chi connectivity index (χ1) is 7.83. The van der Waals surface area contributed by atoms with Gasteiger partial charge in [0.2, 0.25) is 0 Å². The molecule has 3 nitrogen and oxygen atoms in total. The van der Waals surface area contributed by atoms with E-state index in [1.165, 1.54) is 5.57 Å². The molecule has 0 radical (unpaired) electrons. The van der Waals surface area contributed by atoms with Gasteiger partial charge in [-0.2, -0.15) is 0 Å². The molecule has 96 valence electrons. The van der Waals surface area contributed by atoms with Crippen LogP contribution in [0.4, 0.5) is 4.79 Å². The second-order valence-electron chi connectivity index (χ2n) is 5.43. The zero-order valence-electron chi connectivity index (χ0n) is 11.3. The molecule has 1 aliphatic carbocycles. The minimum atomic E-state index is -0.455. The Balaban J connectivity index is 2.57. The third-order valence-electron chi connectivity index (χ3n) is 2.81. The Kier molecular flexibility index (Phi) is 4.38. The summed E-state index contributed by atoms with van der Waals surface area (Å²) in [5, 5.41) is 2.89. The van der Waals surface area contributed by atoms with Crippen LogP contribution >= 0.6 is 0 Å². The van der Waals surface area contributed by atoms with E-state index in [9.17, 15) is 4.79 Å². The van der Waals surface area contributed by atoms with Crippen LogP contribution in [0.2, 0.25) is 0 Å². The topological polar surface area (TPSA) is 38.3 Å². The van der Waals surface area contributed by atoms with Gasteiger partial charge in [-0.3, -0.25) is 0 Å². The average molecular weight is 237 g/mol. The fourth-order valence-corrected chi connectivity index (χ4v) is 1.99. The molecule has 1 N–H and O–H groups in total. The van der Waals surface area contributed by atoms with Gasteiger partial charge in [-0.25, -0.2) is 4.79 Å². The van der Waals surface area contributed by atoms with E-state index in [1.54, 1.807) is 0 Å². The van der Waals surface area contributed by atoms with Crippen LogP contribution in [-0.4, -0.2) is 17.7 Å². The first-order valence-corrected chi connectivity index (χ1v) is 6.17. The molecule has 3 heteroatoms. The number of amides is 1. The summed E-state index contributed by atoms with van der Waals surface area (Å²) >= 11 is 0. The van der Waals surface area contributed by atoms with Crippen molar-refractivity contribution in [3.8, 4) is 0 Å². The summed E-state index contributed by atoms with van der Waals surface area (Å²) in [4.78, 5) is 11.7. The molecular formula is C14H23NO2. The monoisotopic (exact) mass is 237 g/mol. The highest BCUT2D eigenvalue weighted by molar-refractivity contribution is 5.69. The molecule has 0 heterocycles. The number of hydrogen-bond donors (Lipinski definition) is 1. The van der Waals surface area contributed by atoms with Gasteiger partial charge in [0.25, 0.3) is 0 Å². The largest absolute Gasteiger partial charge is 0.444 e. The maximum absolute atomic E-state index is 11.7. The number of allylic oxidation sites excluding steroid dienone is 1. The molecule has 0 aromatic carbocycles. The summed E-state index contributed by atoms with van der Waals surface area (Å²) < 4.78 is 5.25. The van der Waals surface area contributed by atoms with Crippen molar-refractivity contribution in [3.05, 3.63) is 23.8 Å². The van der Waals surface area contributed by atoms with Crippen molar-refractivity contribution in [3.63, 3.8) is 0 Å². The van der Waals surface area contributed by atoms with Crippen molar-refractivity contribution in [2.24, 2.45) is 0 Å². The Hall–Kier alpha value is -1.25. The number of carbonyl (C=O) groups excluding carboxylic acids is 1. The SMILES string of the molecule is C=C1/C(=C\C)CCCC1NC(=O)OC(C)(C)C. The Bertz CT molecular complexity index is 337. The van der Waals surface area contributed by atoms with Gasteiger partial charge in [0.15, 0.2) is 0 Å². The van der Waals surface area contributed by atoms with E-state index >= 15 is 0 Å². The molecular weight excluding hydrogens is 214 g/mol. The predicted molar refractivity (Wildman–Crippen MR) is 69.9 cm³/mol. The lowest BCUT2D eigenvalue weighted by molar-refractivity contribution is 0.0508. The minimum absolute atomic E-state index is 0.0183. The summed E-state index contributed by atoms with van der Waals surface area (Å²) in [6, 6.07) is 0.0183. The van der Waals surface area contributed by atoms with Gasteiger partial charge in [-0.15, -0.1) is 0 Å². The normalized spacial score (nSPS) is 23.6. The summed E-state index contributed by atoms with van der Waals surface area (Å²) in [5.41, 5.74) is 1.81. The van der Waals surface area contributed by atoms with Crippen molar-refractivity contribution < 1.29 is 9.53 Å². The second kappa shape index (κ2) is 5.39. The molecule has 0 aromatic heterocycles. The van der Waals surface area contributed by atoms with Gasteiger partial charge >= 0.3 is 6.09 Å². The Labute approximate surface area is 104 Å². The number of nitrogens with one attached hydrogen (secondary N) is 1. The predicted octanol–water partition coefficient (Wildman–Crippen LogP) is 3.57.